The van der Waals surface area contributed by atoms with Gasteiger partial charge in [-0.3, -0.25) is 0 Å². The van der Waals surface area contributed by atoms with Crippen LogP contribution < -0.4 is 5.73 Å². The average Bonchev–Trinajstić information content (AvgIpc) is 3.21. The predicted octanol–water partition coefficient (Wildman–Crippen LogP) is 4.73. The maximum atomic E-state index is 6.05. The zero-order chi connectivity index (χ0) is 19.7. The van der Waals surface area contributed by atoms with Crippen LogP contribution in [0.5, 0.6) is 0 Å². The van der Waals surface area contributed by atoms with Crippen molar-refractivity contribution in [2.75, 3.05) is 5.73 Å². The number of rotatable bonds is 4. The molecule has 140 valence electrons. The Hall–Kier alpha value is -3.60. The normalized spacial score (nSPS) is 11.4. The van der Waals surface area contributed by atoms with E-state index in [2.05, 4.69) is 65.8 Å². The predicted molar refractivity (Wildman–Crippen MR) is 115 cm³/mol. The standard InChI is InChI=1S/C23H23N5/c1-16-9-11-21(12-10-16)28-17(2)13-20(18(28)3)14-25-27-15-22(26-23(27)24)19-7-5-4-6-8-19/h4-15H,1-3H3,(H2,24,26)/b25-14+. The first-order chi connectivity index (χ1) is 13.5. The van der Waals surface area contributed by atoms with Crippen molar-refractivity contribution >= 4 is 12.2 Å². The number of nitrogens with two attached hydrogens (primary N) is 1. The molecular weight excluding hydrogens is 346 g/mol. The van der Waals surface area contributed by atoms with Crippen LogP contribution in [-0.2, 0) is 0 Å². The van der Waals surface area contributed by atoms with Crippen LogP contribution in [0.25, 0.3) is 16.9 Å². The number of benzene rings is 2. The van der Waals surface area contributed by atoms with Crippen molar-refractivity contribution in [3.63, 3.8) is 0 Å². The number of nitrogen functional groups attached to an aromatic ring is 1. The van der Waals surface area contributed by atoms with E-state index in [4.69, 9.17) is 5.73 Å². The van der Waals surface area contributed by atoms with Crippen LogP contribution >= 0.6 is 0 Å². The van der Waals surface area contributed by atoms with E-state index in [1.54, 1.807) is 4.68 Å². The van der Waals surface area contributed by atoms with Crippen molar-refractivity contribution < 1.29 is 0 Å². The molecule has 0 unspecified atom stereocenters. The van der Waals surface area contributed by atoms with Crippen LogP contribution in [0.1, 0.15) is 22.5 Å². The molecule has 0 spiro atoms. The van der Waals surface area contributed by atoms with Gasteiger partial charge in [0.1, 0.15) is 0 Å². The third kappa shape index (κ3) is 3.34. The second-order valence-electron chi connectivity index (χ2n) is 6.94. The van der Waals surface area contributed by atoms with E-state index < -0.39 is 0 Å². The van der Waals surface area contributed by atoms with E-state index in [1.807, 2.05) is 42.7 Å². The molecule has 0 bridgehead atoms. The second-order valence-corrected chi connectivity index (χ2v) is 6.94. The van der Waals surface area contributed by atoms with E-state index in [1.165, 1.54) is 5.56 Å². The van der Waals surface area contributed by atoms with Crippen molar-refractivity contribution in [3.8, 4) is 16.9 Å². The fraction of sp³-hybridized carbons (Fsp3) is 0.130. The minimum absolute atomic E-state index is 0.363. The van der Waals surface area contributed by atoms with Crippen molar-refractivity contribution in [2.45, 2.75) is 20.8 Å². The van der Waals surface area contributed by atoms with Crippen molar-refractivity contribution in [1.29, 1.82) is 0 Å². The average molecular weight is 369 g/mol. The highest BCUT2D eigenvalue weighted by Gasteiger charge is 2.10. The van der Waals surface area contributed by atoms with Crippen LogP contribution in [0.2, 0.25) is 0 Å². The Balaban J connectivity index is 1.65. The summed E-state index contributed by atoms with van der Waals surface area (Å²) in [5.41, 5.74) is 13.6. The van der Waals surface area contributed by atoms with Gasteiger partial charge in [-0.2, -0.15) is 5.10 Å². The zero-order valence-corrected chi connectivity index (χ0v) is 16.3. The van der Waals surface area contributed by atoms with Crippen LogP contribution in [-0.4, -0.2) is 20.4 Å². The molecule has 2 N–H and O–H groups in total. The lowest BCUT2D eigenvalue weighted by Crippen LogP contribution is -2.00. The Morgan fingerprint density at radius 1 is 0.964 bits per heavy atom. The summed E-state index contributed by atoms with van der Waals surface area (Å²) in [6.45, 7) is 6.29. The van der Waals surface area contributed by atoms with Gasteiger partial charge in [-0.15, -0.1) is 0 Å². The first-order valence-electron chi connectivity index (χ1n) is 9.23. The number of imidazole rings is 1. The number of aryl methyl sites for hydroxylation is 2. The maximum Gasteiger partial charge on any atom is 0.221 e. The van der Waals surface area contributed by atoms with Gasteiger partial charge in [0.05, 0.1) is 18.1 Å². The Morgan fingerprint density at radius 2 is 1.68 bits per heavy atom. The second kappa shape index (κ2) is 7.19. The molecule has 0 atom stereocenters. The molecule has 0 aliphatic heterocycles. The third-order valence-corrected chi connectivity index (χ3v) is 4.87. The molecule has 0 amide bonds. The monoisotopic (exact) mass is 369 g/mol. The van der Waals surface area contributed by atoms with E-state index in [0.717, 1.165) is 33.9 Å². The number of nitrogens with zero attached hydrogens (tertiary/aromatic N) is 4. The lowest BCUT2D eigenvalue weighted by molar-refractivity contribution is 0.897. The van der Waals surface area contributed by atoms with E-state index in [-0.39, 0.29) is 0 Å². The van der Waals surface area contributed by atoms with Gasteiger partial charge in [-0.25, -0.2) is 9.66 Å². The molecule has 0 saturated heterocycles. The number of hydrogen-bond acceptors (Lipinski definition) is 3. The molecule has 0 saturated carbocycles. The smallest absolute Gasteiger partial charge is 0.221 e. The lowest BCUT2D eigenvalue weighted by Gasteiger charge is -2.09. The minimum atomic E-state index is 0.363. The largest absolute Gasteiger partial charge is 0.368 e. The van der Waals surface area contributed by atoms with Crippen molar-refractivity contribution in [2.24, 2.45) is 5.10 Å². The topological polar surface area (TPSA) is 61.1 Å². The van der Waals surface area contributed by atoms with Gasteiger partial charge < -0.3 is 10.3 Å². The minimum Gasteiger partial charge on any atom is -0.368 e. The molecule has 0 radical (unpaired) electrons. The van der Waals surface area contributed by atoms with Gasteiger partial charge in [-0.05, 0) is 39.0 Å². The number of anilines is 1. The Kier molecular flexibility index (Phi) is 4.57. The summed E-state index contributed by atoms with van der Waals surface area (Å²) in [7, 11) is 0. The molecule has 2 heterocycles. The van der Waals surface area contributed by atoms with Gasteiger partial charge in [-0.1, -0.05) is 48.0 Å². The van der Waals surface area contributed by atoms with Crippen molar-refractivity contribution in [3.05, 3.63) is 89.4 Å². The summed E-state index contributed by atoms with van der Waals surface area (Å²) in [6, 6.07) is 20.6. The molecule has 4 rings (SSSR count). The van der Waals surface area contributed by atoms with Gasteiger partial charge >= 0.3 is 0 Å². The Labute approximate surface area is 164 Å². The highest BCUT2D eigenvalue weighted by atomic mass is 15.4. The molecule has 28 heavy (non-hydrogen) atoms. The Bertz CT molecular complexity index is 1130. The highest BCUT2D eigenvalue weighted by Crippen LogP contribution is 2.21. The molecule has 4 aromatic rings. The molecule has 2 aromatic carbocycles. The summed E-state index contributed by atoms with van der Waals surface area (Å²) in [4.78, 5) is 4.42. The summed E-state index contributed by atoms with van der Waals surface area (Å²) >= 11 is 0. The molecule has 5 nitrogen and oxygen atoms in total. The van der Waals surface area contributed by atoms with Crippen LogP contribution in [0.3, 0.4) is 0 Å². The first kappa shape index (κ1) is 17.8. The number of aromatic nitrogens is 3. The third-order valence-electron chi connectivity index (χ3n) is 4.87. The van der Waals surface area contributed by atoms with E-state index >= 15 is 0 Å². The SMILES string of the molecule is Cc1ccc(-n2c(C)cc(/C=N/n3cc(-c4ccccc4)nc3N)c2C)cc1. The van der Waals surface area contributed by atoms with Crippen LogP contribution in [0, 0.1) is 20.8 Å². The van der Waals surface area contributed by atoms with Crippen molar-refractivity contribution in [1.82, 2.24) is 14.2 Å². The zero-order valence-electron chi connectivity index (χ0n) is 16.3. The van der Waals surface area contributed by atoms with E-state index in [9.17, 15) is 0 Å². The molecule has 5 heteroatoms. The first-order valence-corrected chi connectivity index (χ1v) is 9.23. The fourth-order valence-electron chi connectivity index (χ4n) is 3.36. The van der Waals surface area contributed by atoms with E-state index in [0.29, 0.717) is 5.95 Å². The summed E-state index contributed by atoms with van der Waals surface area (Å²) < 4.78 is 3.84. The molecule has 0 aliphatic rings. The maximum absolute atomic E-state index is 6.05. The molecule has 2 aromatic heterocycles. The summed E-state index contributed by atoms with van der Waals surface area (Å²) in [5.74, 6) is 0.363. The molecular formula is C23H23N5. The van der Waals surface area contributed by atoms with Gasteiger partial charge in [0.2, 0.25) is 5.95 Å². The van der Waals surface area contributed by atoms with Gasteiger partial charge in [0.15, 0.2) is 0 Å². The highest BCUT2D eigenvalue weighted by molar-refractivity contribution is 5.82. The number of hydrogen-bond donors (Lipinski definition) is 1. The Morgan fingerprint density at radius 3 is 2.39 bits per heavy atom. The van der Waals surface area contributed by atoms with Crippen LogP contribution in [0.15, 0.2) is 72.0 Å². The summed E-state index contributed by atoms with van der Waals surface area (Å²) in [6.07, 6.45) is 3.68. The summed E-state index contributed by atoms with van der Waals surface area (Å²) in [5, 5.41) is 4.54. The quantitative estimate of drug-likeness (QED) is 0.529. The lowest BCUT2D eigenvalue weighted by atomic mass is 10.2. The molecule has 0 aliphatic carbocycles. The van der Waals surface area contributed by atoms with Gasteiger partial charge in [0, 0.05) is 28.2 Å². The van der Waals surface area contributed by atoms with Crippen LogP contribution in [0.4, 0.5) is 5.95 Å². The van der Waals surface area contributed by atoms with Gasteiger partial charge in [0.25, 0.3) is 0 Å². The fourth-order valence-corrected chi connectivity index (χ4v) is 3.36. The molecule has 0 fully saturated rings.